The Morgan fingerprint density at radius 3 is 2.08 bits per heavy atom. The highest BCUT2D eigenvalue weighted by Crippen LogP contribution is 2.36. The molecule has 0 N–H and O–H groups in total. The normalized spacial score (nSPS) is 11.0. The van der Waals surface area contributed by atoms with E-state index >= 15 is 0 Å². The van der Waals surface area contributed by atoms with Gasteiger partial charge in [-0.15, -0.1) is 0 Å². The van der Waals surface area contributed by atoms with E-state index in [1.54, 1.807) is 36.5 Å². The second-order valence-corrected chi connectivity index (χ2v) is 8.44. The summed E-state index contributed by atoms with van der Waals surface area (Å²) in [5.74, 6) is -0.409. The van der Waals surface area contributed by atoms with E-state index in [-0.39, 0.29) is 11.4 Å². The van der Waals surface area contributed by atoms with Gasteiger partial charge in [0.15, 0.2) is 0 Å². The van der Waals surface area contributed by atoms with Crippen LogP contribution in [0.2, 0.25) is 0 Å². The number of esters is 1. The average Bonchev–Trinajstić information content (AvgIpc) is 3.36. The van der Waals surface area contributed by atoms with Crippen LogP contribution < -0.4 is 0 Å². The van der Waals surface area contributed by atoms with Gasteiger partial charge in [0.25, 0.3) is 5.69 Å². The summed E-state index contributed by atoms with van der Waals surface area (Å²) >= 11 is 0. The maximum atomic E-state index is 12.0. The molecule has 0 fully saturated rings. The van der Waals surface area contributed by atoms with Gasteiger partial charge in [-0.2, -0.15) is 0 Å². The van der Waals surface area contributed by atoms with Crippen LogP contribution in [0.3, 0.4) is 0 Å². The van der Waals surface area contributed by atoms with Crippen molar-refractivity contribution in [3.05, 3.63) is 137 Å². The number of hydrogen-bond acceptors (Lipinski definition) is 5. The molecule has 0 bridgehead atoms. The zero-order chi connectivity index (χ0) is 26.5. The molecule has 5 aromatic rings. The van der Waals surface area contributed by atoms with Gasteiger partial charge in [-0.3, -0.25) is 10.1 Å². The summed E-state index contributed by atoms with van der Waals surface area (Å²) in [4.78, 5) is 27.7. The van der Waals surface area contributed by atoms with Crippen molar-refractivity contribution in [2.45, 2.75) is 0 Å². The Bertz CT molecular complexity index is 1620. The van der Waals surface area contributed by atoms with Gasteiger partial charge in [-0.25, -0.2) is 9.79 Å². The summed E-state index contributed by atoms with van der Waals surface area (Å²) in [5.41, 5.74) is 5.95. The molecule has 0 aliphatic carbocycles. The molecule has 0 aliphatic heterocycles. The largest absolute Gasteiger partial charge is 0.465 e. The number of carbonyl (C=O) groups excluding carboxylic acids is 1. The zero-order valence-electron chi connectivity index (χ0n) is 20.5. The average molecular weight is 502 g/mol. The van der Waals surface area contributed by atoms with Crippen LogP contribution in [0.5, 0.6) is 0 Å². The first-order valence-electron chi connectivity index (χ1n) is 11.9. The molecule has 0 saturated heterocycles. The van der Waals surface area contributed by atoms with Crippen molar-refractivity contribution in [3.63, 3.8) is 0 Å². The van der Waals surface area contributed by atoms with Gasteiger partial charge in [0.2, 0.25) is 0 Å². The van der Waals surface area contributed by atoms with Gasteiger partial charge in [0.05, 0.1) is 29.0 Å². The van der Waals surface area contributed by atoms with Crippen LogP contribution in [0.25, 0.3) is 28.2 Å². The summed E-state index contributed by atoms with van der Waals surface area (Å²) in [5, 5.41) is 11.5. The Kier molecular flexibility index (Phi) is 6.91. The molecular weight excluding hydrogens is 478 g/mol. The van der Waals surface area contributed by atoms with Crippen molar-refractivity contribution < 1.29 is 14.5 Å². The SMILES string of the molecule is COC(=O)c1ccc(-n2c(-c3ccccc3)cc(C=Nc3ccccc3[N+](=O)[O-])c2-c2ccccc2)cc1. The lowest BCUT2D eigenvalue weighted by Gasteiger charge is -2.15. The van der Waals surface area contributed by atoms with E-state index in [4.69, 9.17) is 4.74 Å². The van der Waals surface area contributed by atoms with Crippen LogP contribution >= 0.6 is 0 Å². The molecule has 7 heteroatoms. The molecule has 4 aromatic carbocycles. The van der Waals surface area contributed by atoms with Gasteiger partial charge in [-0.05, 0) is 47.5 Å². The third-order valence-electron chi connectivity index (χ3n) is 6.11. The van der Waals surface area contributed by atoms with Crippen LogP contribution in [0.4, 0.5) is 11.4 Å². The minimum Gasteiger partial charge on any atom is -0.465 e. The van der Waals surface area contributed by atoms with E-state index in [1.807, 2.05) is 78.9 Å². The van der Waals surface area contributed by atoms with Gasteiger partial charge in [0, 0.05) is 23.5 Å². The number of nitrogens with zero attached hydrogens (tertiary/aromatic N) is 3. The number of para-hydroxylation sites is 2. The van der Waals surface area contributed by atoms with E-state index in [1.165, 1.54) is 13.2 Å². The molecule has 0 spiro atoms. The molecule has 1 heterocycles. The zero-order valence-corrected chi connectivity index (χ0v) is 20.5. The second-order valence-electron chi connectivity index (χ2n) is 8.44. The molecule has 0 aliphatic rings. The van der Waals surface area contributed by atoms with Crippen LogP contribution in [0, 0.1) is 10.1 Å². The summed E-state index contributed by atoms with van der Waals surface area (Å²) in [6.07, 6.45) is 1.66. The molecule has 5 rings (SSSR count). The Labute approximate surface area is 219 Å². The fourth-order valence-electron chi connectivity index (χ4n) is 4.34. The predicted molar refractivity (Wildman–Crippen MR) is 148 cm³/mol. The Morgan fingerprint density at radius 1 is 0.842 bits per heavy atom. The molecule has 0 radical (unpaired) electrons. The Morgan fingerprint density at radius 2 is 1.45 bits per heavy atom. The molecule has 0 saturated carbocycles. The maximum Gasteiger partial charge on any atom is 0.337 e. The third-order valence-corrected chi connectivity index (χ3v) is 6.11. The van der Waals surface area contributed by atoms with Crippen molar-refractivity contribution in [1.29, 1.82) is 0 Å². The topological polar surface area (TPSA) is 86.7 Å². The van der Waals surface area contributed by atoms with Crippen LogP contribution in [0.1, 0.15) is 15.9 Å². The first-order chi connectivity index (χ1) is 18.6. The molecule has 0 atom stereocenters. The second kappa shape index (κ2) is 10.8. The molecule has 1 aromatic heterocycles. The third kappa shape index (κ3) is 4.85. The number of nitro benzene ring substituents is 1. The van der Waals surface area contributed by atoms with Crippen molar-refractivity contribution in [1.82, 2.24) is 4.57 Å². The van der Waals surface area contributed by atoms with Crippen molar-refractivity contribution in [2.24, 2.45) is 4.99 Å². The smallest absolute Gasteiger partial charge is 0.337 e. The van der Waals surface area contributed by atoms with E-state index < -0.39 is 10.9 Å². The highest BCUT2D eigenvalue weighted by Gasteiger charge is 2.20. The Balaban J connectivity index is 1.75. The number of rotatable bonds is 7. The number of benzene rings is 4. The fourth-order valence-corrected chi connectivity index (χ4v) is 4.34. The number of ether oxygens (including phenoxy) is 1. The fraction of sp³-hybridized carbons (Fsp3) is 0.0323. The van der Waals surface area contributed by atoms with Crippen LogP contribution in [-0.4, -0.2) is 28.8 Å². The maximum absolute atomic E-state index is 12.0. The van der Waals surface area contributed by atoms with Crippen LogP contribution in [-0.2, 0) is 4.74 Å². The van der Waals surface area contributed by atoms with Crippen molar-refractivity contribution >= 4 is 23.6 Å². The first kappa shape index (κ1) is 24.4. The standard InChI is InChI=1S/C31H23N3O4/c1-38-31(35)24-16-18-26(19-17-24)33-29(22-10-4-2-5-11-22)20-25(30(33)23-12-6-3-7-13-23)21-32-27-14-8-9-15-28(27)34(36)37/h2-21H,1H3. The van der Waals surface area contributed by atoms with E-state index in [0.717, 1.165) is 33.8 Å². The van der Waals surface area contributed by atoms with E-state index in [9.17, 15) is 14.9 Å². The van der Waals surface area contributed by atoms with Crippen molar-refractivity contribution in [2.75, 3.05) is 7.11 Å². The van der Waals surface area contributed by atoms with Crippen molar-refractivity contribution in [3.8, 4) is 28.2 Å². The molecule has 186 valence electrons. The minimum absolute atomic E-state index is 0.0638. The molecule has 0 amide bonds. The van der Waals surface area contributed by atoms with Gasteiger partial charge in [0.1, 0.15) is 5.69 Å². The Hall–Kier alpha value is -5.30. The number of aliphatic imine (C=N–C) groups is 1. The van der Waals surface area contributed by atoms with E-state index in [0.29, 0.717) is 5.56 Å². The minimum atomic E-state index is -0.436. The van der Waals surface area contributed by atoms with E-state index in [2.05, 4.69) is 9.56 Å². The number of aromatic nitrogens is 1. The molecule has 38 heavy (non-hydrogen) atoms. The lowest BCUT2D eigenvalue weighted by Crippen LogP contribution is -2.03. The summed E-state index contributed by atoms with van der Waals surface area (Å²) in [7, 11) is 1.35. The monoisotopic (exact) mass is 501 g/mol. The quantitative estimate of drug-likeness (QED) is 0.102. The summed E-state index contributed by atoms with van der Waals surface area (Å²) in [6.45, 7) is 0. The van der Waals surface area contributed by atoms with Crippen LogP contribution in [0.15, 0.2) is 120 Å². The highest BCUT2D eigenvalue weighted by molar-refractivity contribution is 5.95. The molecular formula is C31H23N3O4. The number of carbonyl (C=O) groups is 1. The number of methoxy groups -OCH3 is 1. The number of nitro groups is 1. The van der Waals surface area contributed by atoms with Gasteiger partial charge in [-0.1, -0.05) is 72.8 Å². The first-order valence-corrected chi connectivity index (χ1v) is 11.9. The van der Waals surface area contributed by atoms with Gasteiger partial charge < -0.3 is 9.30 Å². The van der Waals surface area contributed by atoms with Gasteiger partial charge >= 0.3 is 5.97 Å². The lowest BCUT2D eigenvalue weighted by molar-refractivity contribution is -0.384. The summed E-state index contributed by atoms with van der Waals surface area (Å²) < 4.78 is 6.97. The highest BCUT2D eigenvalue weighted by atomic mass is 16.6. The lowest BCUT2D eigenvalue weighted by atomic mass is 10.1. The predicted octanol–water partition coefficient (Wildman–Crippen LogP) is 7.26. The molecule has 0 unspecified atom stereocenters. The molecule has 7 nitrogen and oxygen atoms in total. The summed E-state index contributed by atoms with van der Waals surface area (Å²) in [6, 6.07) is 35.4. The number of hydrogen-bond donors (Lipinski definition) is 0.